The minimum absolute atomic E-state index is 0.172. The van der Waals surface area contributed by atoms with Gasteiger partial charge in [-0.2, -0.15) is 5.10 Å². The van der Waals surface area contributed by atoms with E-state index in [1.165, 1.54) is 5.56 Å². The van der Waals surface area contributed by atoms with Gasteiger partial charge in [-0.15, -0.1) is 0 Å². The molecule has 1 aromatic heterocycles. The van der Waals surface area contributed by atoms with Crippen molar-refractivity contribution < 1.29 is 4.79 Å². The molecule has 0 bridgehead atoms. The first kappa shape index (κ1) is 17.7. The van der Waals surface area contributed by atoms with Crippen molar-refractivity contribution in [1.82, 2.24) is 19.7 Å². The zero-order valence-corrected chi connectivity index (χ0v) is 16.9. The molecule has 138 valence electrons. The van der Waals surface area contributed by atoms with Crippen molar-refractivity contribution in [3.8, 4) is 0 Å². The lowest BCUT2D eigenvalue weighted by molar-refractivity contribution is -0.134. The maximum absolute atomic E-state index is 13.0. The third-order valence-corrected chi connectivity index (χ3v) is 6.16. The van der Waals surface area contributed by atoms with Gasteiger partial charge in [0.25, 0.3) is 0 Å². The molecule has 0 spiro atoms. The molecule has 1 amide bonds. The van der Waals surface area contributed by atoms with E-state index in [4.69, 9.17) is 0 Å². The second kappa shape index (κ2) is 7.14. The molecule has 0 radical (unpaired) electrons. The van der Waals surface area contributed by atoms with E-state index in [0.29, 0.717) is 17.7 Å². The van der Waals surface area contributed by atoms with Crippen molar-refractivity contribution in [2.24, 2.45) is 11.8 Å². The summed E-state index contributed by atoms with van der Waals surface area (Å²) in [6.45, 7) is 6.53. The number of piperidine rings is 1. The number of hydrogen-bond acceptors (Lipinski definition) is 3. The lowest BCUT2D eigenvalue weighted by Crippen LogP contribution is -2.42. The van der Waals surface area contributed by atoms with Gasteiger partial charge < -0.3 is 4.90 Å². The van der Waals surface area contributed by atoms with Gasteiger partial charge >= 0.3 is 0 Å². The summed E-state index contributed by atoms with van der Waals surface area (Å²) in [6, 6.07) is 8.40. The van der Waals surface area contributed by atoms with Crippen molar-refractivity contribution in [3.05, 3.63) is 46.0 Å². The Morgan fingerprint density at radius 3 is 2.73 bits per heavy atom. The predicted octanol–water partition coefficient (Wildman–Crippen LogP) is 3.70. The van der Waals surface area contributed by atoms with Gasteiger partial charge in [0, 0.05) is 30.0 Å². The van der Waals surface area contributed by atoms with Crippen LogP contribution in [0.25, 0.3) is 0 Å². The molecule has 1 saturated carbocycles. The summed E-state index contributed by atoms with van der Waals surface area (Å²) in [6.07, 6.45) is 3.23. The van der Waals surface area contributed by atoms with Crippen LogP contribution in [-0.4, -0.2) is 38.7 Å². The summed E-state index contributed by atoms with van der Waals surface area (Å²) in [7, 11) is 0. The standard InChI is InChI=1S/C20H25BrN4O/c1-13-22-14(2)25(23-13)12-15-4-3-9-24(11-15)20(26)19-10-18(19)16-5-7-17(21)8-6-16/h5-8,15,18-19H,3-4,9-12H2,1-2H3/t15?,18-,19+/m0/s1. The largest absolute Gasteiger partial charge is 0.342 e. The fourth-order valence-corrected chi connectivity index (χ4v) is 4.44. The predicted molar refractivity (Wildman–Crippen MR) is 104 cm³/mol. The van der Waals surface area contributed by atoms with Crippen LogP contribution in [0.5, 0.6) is 0 Å². The number of aromatic nitrogens is 3. The number of benzene rings is 1. The molecule has 6 heteroatoms. The van der Waals surface area contributed by atoms with Gasteiger partial charge in [-0.3, -0.25) is 4.79 Å². The van der Waals surface area contributed by atoms with Crippen molar-refractivity contribution in [3.63, 3.8) is 0 Å². The molecule has 0 N–H and O–H groups in total. The molecule has 2 fully saturated rings. The quantitative estimate of drug-likeness (QED) is 0.763. The van der Waals surface area contributed by atoms with Crippen LogP contribution in [0.2, 0.25) is 0 Å². The van der Waals surface area contributed by atoms with Crippen molar-refractivity contribution in [2.45, 2.75) is 45.6 Å². The Kier molecular flexibility index (Phi) is 4.86. The maximum atomic E-state index is 13.0. The second-order valence-electron chi connectivity index (χ2n) is 7.68. The monoisotopic (exact) mass is 416 g/mol. The summed E-state index contributed by atoms with van der Waals surface area (Å²) in [5, 5.41) is 4.48. The van der Waals surface area contributed by atoms with Crippen molar-refractivity contribution >= 4 is 21.8 Å². The number of hydrogen-bond donors (Lipinski definition) is 0. The lowest BCUT2D eigenvalue weighted by atomic mass is 9.97. The molecule has 26 heavy (non-hydrogen) atoms. The summed E-state index contributed by atoms with van der Waals surface area (Å²) in [5.41, 5.74) is 1.29. The molecular weight excluding hydrogens is 392 g/mol. The van der Waals surface area contributed by atoms with Crippen molar-refractivity contribution in [2.75, 3.05) is 13.1 Å². The Hall–Kier alpha value is -1.69. The van der Waals surface area contributed by atoms with E-state index in [9.17, 15) is 4.79 Å². The van der Waals surface area contributed by atoms with E-state index in [-0.39, 0.29) is 5.92 Å². The van der Waals surface area contributed by atoms with Gasteiger partial charge in [-0.05, 0) is 62.6 Å². The molecule has 2 aliphatic rings. The van der Waals surface area contributed by atoms with E-state index in [0.717, 1.165) is 55.0 Å². The molecule has 1 aromatic carbocycles. The third kappa shape index (κ3) is 3.70. The first-order valence-electron chi connectivity index (χ1n) is 9.43. The summed E-state index contributed by atoms with van der Waals surface area (Å²) in [5.74, 6) is 3.16. The van der Waals surface area contributed by atoms with Crippen LogP contribution in [-0.2, 0) is 11.3 Å². The molecule has 1 aliphatic carbocycles. The van der Waals surface area contributed by atoms with Crippen LogP contribution in [0.3, 0.4) is 0 Å². The van der Waals surface area contributed by atoms with Gasteiger partial charge in [0.1, 0.15) is 11.6 Å². The number of nitrogens with zero attached hydrogens (tertiary/aromatic N) is 4. The molecule has 3 atom stereocenters. The fourth-order valence-electron chi connectivity index (χ4n) is 4.17. The minimum atomic E-state index is 0.172. The number of carbonyl (C=O) groups is 1. The average Bonchev–Trinajstić information content (AvgIpc) is 3.35. The van der Waals surface area contributed by atoms with Gasteiger partial charge in [-0.25, -0.2) is 9.67 Å². The molecule has 2 aromatic rings. The van der Waals surface area contributed by atoms with Gasteiger partial charge in [0.2, 0.25) is 5.91 Å². The molecule has 1 saturated heterocycles. The zero-order valence-electron chi connectivity index (χ0n) is 15.4. The summed E-state index contributed by atoms with van der Waals surface area (Å²) >= 11 is 3.48. The highest BCUT2D eigenvalue weighted by Crippen LogP contribution is 2.49. The average molecular weight is 417 g/mol. The van der Waals surface area contributed by atoms with E-state index < -0.39 is 0 Å². The van der Waals surface area contributed by atoms with Crippen LogP contribution in [0, 0.1) is 25.7 Å². The van der Waals surface area contributed by atoms with E-state index in [1.54, 1.807) is 0 Å². The molecular formula is C20H25BrN4O. The van der Waals surface area contributed by atoms with Gasteiger partial charge in [0.15, 0.2) is 0 Å². The van der Waals surface area contributed by atoms with Crippen LogP contribution in [0.15, 0.2) is 28.7 Å². The van der Waals surface area contributed by atoms with Gasteiger partial charge in [-0.1, -0.05) is 28.1 Å². The Morgan fingerprint density at radius 1 is 1.27 bits per heavy atom. The van der Waals surface area contributed by atoms with Gasteiger partial charge in [0.05, 0.1) is 0 Å². The number of aryl methyl sites for hydroxylation is 2. The minimum Gasteiger partial charge on any atom is -0.342 e. The van der Waals surface area contributed by atoms with E-state index >= 15 is 0 Å². The zero-order chi connectivity index (χ0) is 18.3. The fraction of sp³-hybridized carbons (Fsp3) is 0.550. The maximum Gasteiger partial charge on any atom is 0.226 e. The van der Waals surface area contributed by atoms with Crippen LogP contribution in [0.4, 0.5) is 0 Å². The summed E-state index contributed by atoms with van der Waals surface area (Å²) < 4.78 is 3.08. The van der Waals surface area contributed by atoms with Crippen LogP contribution in [0.1, 0.15) is 42.4 Å². The van der Waals surface area contributed by atoms with Crippen molar-refractivity contribution in [1.29, 1.82) is 0 Å². The second-order valence-corrected chi connectivity index (χ2v) is 8.60. The molecule has 1 aliphatic heterocycles. The molecule has 5 nitrogen and oxygen atoms in total. The number of halogens is 1. The van der Waals surface area contributed by atoms with Crippen LogP contribution < -0.4 is 0 Å². The molecule has 2 heterocycles. The number of amides is 1. The topological polar surface area (TPSA) is 51.0 Å². The Bertz CT molecular complexity index is 801. The number of carbonyl (C=O) groups excluding carboxylic acids is 1. The smallest absolute Gasteiger partial charge is 0.226 e. The number of likely N-dealkylation sites (tertiary alicyclic amines) is 1. The normalized spacial score (nSPS) is 25.3. The highest BCUT2D eigenvalue weighted by Gasteiger charge is 2.46. The summed E-state index contributed by atoms with van der Waals surface area (Å²) in [4.78, 5) is 19.4. The molecule has 4 rings (SSSR count). The van der Waals surface area contributed by atoms with E-state index in [1.807, 2.05) is 18.5 Å². The highest BCUT2D eigenvalue weighted by atomic mass is 79.9. The third-order valence-electron chi connectivity index (χ3n) is 5.63. The Labute approximate surface area is 162 Å². The first-order chi connectivity index (χ1) is 12.5. The first-order valence-corrected chi connectivity index (χ1v) is 10.2. The number of rotatable bonds is 4. The SMILES string of the molecule is Cc1nc(C)n(CC2CCCN(C(=O)[C@@H]3C[C@H]3c3ccc(Br)cc3)C2)n1. The Morgan fingerprint density at radius 2 is 2.04 bits per heavy atom. The highest BCUT2D eigenvalue weighted by molar-refractivity contribution is 9.10. The van der Waals surface area contributed by atoms with Crippen LogP contribution >= 0.6 is 15.9 Å². The Balaban J connectivity index is 1.36. The lowest BCUT2D eigenvalue weighted by Gasteiger charge is -2.33. The van der Waals surface area contributed by atoms with E-state index in [2.05, 4.69) is 55.2 Å². The molecule has 1 unspecified atom stereocenters.